The van der Waals surface area contributed by atoms with Crippen molar-refractivity contribution in [2.75, 3.05) is 37.7 Å². The van der Waals surface area contributed by atoms with Crippen molar-refractivity contribution in [3.05, 3.63) is 123 Å². The Morgan fingerprint density at radius 1 is 0.944 bits per heavy atom. The van der Waals surface area contributed by atoms with E-state index >= 15 is 0 Å². The van der Waals surface area contributed by atoms with Gasteiger partial charge in [-0.2, -0.15) is 5.26 Å². The van der Waals surface area contributed by atoms with Gasteiger partial charge in [-0.1, -0.05) is 35.9 Å². The largest absolute Gasteiger partial charge is 0.508 e. The summed E-state index contributed by atoms with van der Waals surface area (Å²) in [5.41, 5.74) is 7.63. The van der Waals surface area contributed by atoms with Crippen LogP contribution in [0.1, 0.15) is 55.8 Å². The highest BCUT2D eigenvalue weighted by molar-refractivity contribution is 6.31. The fourth-order valence-electron chi connectivity index (χ4n) is 7.59. The van der Waals surface area contributed by atoms with Gasteiger partial charge in [-0.15, -0.1) is 12.4 Å². The van der Waals surface area contributed by atoms with Gasteiger partial charge in [0.1, 0.15) is 17.5 Å². The Bertz CT molecular complexity index is 2230. The third kappa shape index (κ3) is 7.37. The molecule has 2 amide bonds. The molecule has 0 aliphatic carbocycles. The second-order valence-electron chi connectivity index (χ2n) is 13.9. The lowest BCUT2D eigenvalue weighted by molar-refractivity contribution is 0.0363. The van der Waals surface area contributed by atoms with E-state index in [4.69, 9.17) is 16.3 Å². The van der Waals surface area contributed by atoms with Crippen LogP contribution in [0.5, 0.6) is 5.75 Å². The number of fused-ring (bicyclic) bond motifs is 1. The molecule has 280 valence electrons. The van der Waals surface area contributed by atoms with E-state index in [-0.39, 0.29) is 36.0 Å². The summed E-state index contributed by atoms with van der Waals surface area (Å²) in [7, 11) is 1.88. The lowest BCUT2D eigenvalue weighted by atomic mass is 9.93. The average molecular weight is 768 g/mol. The monoisotopic (exact) mass is 766 g/mol. The molecule has 0 spiro atoms. The first-order chi connectivity index (χ1) is 25.5. The third-order valence-electron chi connectivity index (χ3n) is 10.8. The molecular formula is C42H44Cl2N6O4. The molecule has 2 aliphatic heterocycles. The van der Waals surface area contributed by atoms with E-state index in [0.717, 1.165) is 37.3 Å². The number of rotatable bonds is 8. The number of aromatic nitrogens is 2. The Morgan fingerprint density at radius 3 is 2.35 bits per heavy atom. The van der Waals surface area contributed by atoms with Crippen LogP contribution in [0, 0.1) is 25.2 Å². The van der Waals surface area contributed by atoms with Gasteiger partial charge in [-0.3, -0.25) is 19.4 Å². The standard InChI is InChI=1S/C42H43ClN6O4.ClH/c1-27-21-30-7-5-6-8-31(30)26-48(27)41(51)36-14-9-32(43)22-38(36)40-24-37(28(2)45(40)4)42(52)49(33-10-12-35(50)13-11-33)39-23-34(25-44)47(29(39)3)16-15-46-17-19-53-20-18-46;/h5-14,22-24,27,50H,15-21,26H2,1-4H3;1H/t27-;/m1./s1. The number of hydrogen-bond donors (Lipinski definition) is 1. The Kier molecular flexibility index (Phi) is 11.5. The van der Waals surface area contributed by atoms with E-state index in [2.05, 4.69) is 30.0 Å². The molecule has 3 aromatic carbocycles. The van der Waals surface area contributed by atoms with E-state index < -0.39 is 0 Å². The van der Waals surface area contributed by atoms with Crippen LogP contribution in [0.15, 0.2) is 78.9 Å². The Balaban J connectivity index is 0.00000497. The zero-order chi connectivity index (χ0) is 37.4. The van der Waals surface area contributed by atoms with Gasteiger partial charge < -0.3 is 23.9 Å². The summed E-state index contributed by atoms with van der Waals surface area (Å²) < 4.78 is 9.38. The molecule has 5 aromatic rings. The van der Waals surface area contributed by atoms with Crippen molar-refractivity contribution in [1.29, 1.82) is 5.26 Å². The number of phenolic OH excluding ortho intramolecular Hbond substituents is 1. The predicted molar refractivity (Wildman–Crippen MR) is 213 cm³/mol. The molecule has 0 bridgehead atoms. The molecule has 1 saturated heterocycles. The van der Waals surface area contributed by atoms with Crippen LogP contribution in [0.25, 0.3) is 11.3 Å². The number of ether oxygens (including phenoxy) is 1. The number of nitriles is 1. The highest BCUT2D eigenvalue weighted by Gasteiger charge is 2.32. The first kappa shape index (κ1) is 38.7. The van der Waals surface area contributed by atoms with E-state index in [9.17, 15) is 20.0 Å². The summed E-state index contributed by atoms with van der Waals surface area (Å²) in [5.74, 6) is -0.347. The maximum Gasteiger partial charge on any atom is 0.264 e. The molecule has 0 saturated carbocycles. The van der Waals surface area contributed by atoms with Gasteiger partial charge in [0.25, 0.3) is 11.8 Å². The molecule has 1 N–H and O–H groups in total. The Hall–Kier alpha value is -5.05. The quantitative estimate of drug-likeness (QED) is 0.174. The van der Waals surface area contributed by atoms with Crippen LogP contribution in [0.3, 0.4) is 0 Å². The van der Waals surface area contributed by atoms with Gasteiger partial charge >= 0.3 is 0 Å². The summed E-state index contributed by atoms with van der Waals surface area (Å²) in [6.07, 6.45) is 0.766. The van der Waals surface area contributed by atoms with Crippen molar-refractivity contribution in [3.8, 4) is 23.1 Å². The zero-order valence-corrected chi connectivity index (χ0v) is 32.5. The van der Waals surface area contributed by atoms with Crippen LogP contribution >= 0.6 is 24.0 Å². The molecular weight excluding hydrogens is 723 g/mol. The number of amides is 2. The number of halogens is 2. The SMILES string of the molecule is Cc1c(C(=O)N(c2ccc(O)cc2)c2cc(C#N)n(CCN3CCOCC3)c2C)cc(-c2cc(Cl)ccc2C(=O)N2Cc3ccccc3C[C@H]2C)n1C.Cl. The minimum Gasteiger partial charge on any atom is -0.508 e. The summed E-state index contributed by atoms with van der Waals surface area (Å²) in [6.45, 7) is 10.7. The minimum absolute atomic E-state index is 0. The summed E-state index contributed by atoms with van der Waals surface area (Å²) in [5, 5.41) is 20.8. The van der Waals surface area contributed by atoms with Gasteiger partial charge in [0, 0.05) is 84.7 Å². The molecule has 7 rings (SSSR count). The predicted octanol–water partition coefficient (Wildman–Crippen LogP) is 7.66. The Labute approximate surface area is 327 Å². The number of phenols is 1. The van der Waals surface area contributed by atoms with E-state index in [0.29, 0.717) is 76.5 Å². The van der Waals surface area contributed by atoms with Crippen molar-refractivity contribution >= 4 is 47.2 Å². The van der Waals surface area contributed by atoms with Gasteiger partial charge in [-0.25, -0.2) is 0 Å². The summed E-state index contributed by atoms with van der Waals surface area (Å²) in [4.78, 5) is 35.1. The molecule has 12 heteroatoms. The van der Waals surface area contributed by atoms with Crippen molar-refractivity contribution < 1.29 is 19.4 Å². The topological polar surface area (TPSA) is 107 Å². The van der Waals surface area contributed by atoms with Gasteiger partial charge in [-0.05, 0) is 92.9 Å². The molecule has 10 nitrogen and oxygen atoms in total. The molecule has 4 heterocycles. The van der Waals surface area contributed by atoms with Crippen LogP contribution in [-0.2, 0) is 31.3 Å². The zero-order valence-electron chi connectivity index (χ0n) is 30.9. The van der Waals surface area contributed by atoms with Crippen LogP contribution in [0.4, 0.5) is 11.4 Å². The molecule has 1 fully saturated rings. The van der Waals surface area contributed by atoms with Crippen molar-refractivity contribution in [2.45, 2.75) is 46.3 Å². The van der Waals surface area contributed by atoms with Crippen LogP contribution in [0.2, 0.25) is 5.02 Å². The molecule has 2 aromatic heterocycles. The Morgan fingerprint density at radius 2 is 1.65 bits per heavy atom. The molecule has 2 aliphatic rings. The lowest BCUT2D eigenvalue weighted by Crippen LogP contribution is -2.42. The lowest BCUT2D eigenvalue weighted by Gasteiger charge is -2.35. The normalized spacial score (nSPS) is 15.6. The second-order valence-corrected chi connectivity index (χ2v) is 14.3. The fraction of sp³-hybridized carbons (Fsp3) is 0.310. The number of morpholine rings is 1. The maximum absolute atomic E-state index is 14.9. The molecule has 0 unspecified atom stereocenters. The number of carbonyl (C=O) groups is 2. The number of nitrogens with zero attached hydrogens (tertiary/aromatic N) is 6. The van der Waals surface area contributed by atoms with Gasteiger partial charge in [0.05, 0.1) is 24.5 Å². The average Bonchev–Trinajstić information content (AvgIpc) is 3.64. The third-order valence-corrected chi connectivity index (χ3v) is 11.0. The first-order valence-corrected chi connectivity index (χ1v) is 18.3. The number of carbonyl (C=O) groups excluding carboxylic acids is 2. The summed E-state index contributed by atoms with van der Waals surface area (Å²) >= 11 is 6.59. The number of hydrogen-bond acceptors (Lipinski definition) is 6. The maximum atomic E-state index is 14.9. The van der Waals surface area contributed by atoms with E-state index in [1.807, 2.05) is 53.1 Å². The second kappa shape index (κ2) is 16.1. The van der Waals surface area contributed by atoms with E-state index in [1.165, 1.54) is 5.56 Å². The smallest absolute Gasteiger partial charge is 0.264 e. The fourth-order valence-corrected chi connectivity index (χ4v) is 7.76. The highest BCUT2D eigenvalue weighted by atomic mass is 35.5. The van der Waals surface area contributed by atoms with E-state index in [1.54, 1.807) is 53.4 Å². The molecule has 1 atom stereocenters. The van der Waals surface area contributed by atoms with Crippen molar-refractivity contribution in [2.24, 2.45) is 7.05 Å². The number of benzene rings is 3. The van der Waals surface area contributed by atoms with Gasteiger partial charge in [0.2, 0.25) is 0 Å². The van der Waals surface area contributed by atoms with Crippen LogP contribution in [-0.4, -0.2) is 74.7 Å². The molecule has 54 heavy (non-hydrogen) atoms. The van der Waals surface area contributed by atoms with Crippen LogP contribution < -0.4 is 4.90 Å². The van der Waals surface area contributed by atoms with Gasteiger partial charge in [0.15, 0.2) is 0 Å². The van der Waals surface area contributed by atoms with Crippen molar-refractivity contribution in [3.63, 3.8) is 0 Å². The summed E-state index contributed by atoms with van der Waals surface area (Å²) in [6, 6.07) is 25.9. The number of anilines is 2. The minimum atomic E-state index is -0.316. The highest BCUT2D eigenvalue weighted by Crippen LogP contribution is 2.37. The van der Waals surface area contributed by atoms with Crippen molar-refractivity contribution in [1.82, 2.24) is 18.9 Å². The molecule has 0 radical (unpaired) electrons. The number of aromatic hydroxyl groups is 1. The first-order valence-electron chi connectivity index (χ1n) is 17.9.